The van der Waals surface area contributed by atoms with Crippen LogP contribution in [0.1, 0.15) is 25.0 Å². The fraction of sp³-hybridized carbons (Fsp3) is 0.200. The Bertz CT molecular complexity index is 983. The van der Waals surface area contributed by atoms with Crippen LogP contribution in [0, 0.1) is 6.92 Å². The minimum absolute atomic E-state index is 0.170. The summed E-state index contributed by atoms with van der Waals surface area (Å²) in [6, 6.07) is 9.82. The van der Waals surface area contributed by atoms with Crippen LogP contribution in [0.3, 0.4) is 0 Å². The number of imide groups is 1. The van der Waals surface area contributed by atoms with E-state index in [1.54, 1.807) is 44.2 Å². The van der Waals surface area contributed by atoms with Crippen molar-refractivity contribution >= 4 is 57.9 Å². The number of benzene rings is 2. The molecule has 0 spiro atoms. The van der Waals surface area contributed by atoms with Crippen molar-refractivity contribution in [3.8, 4) is 0 Å². The van der Waals surface area contributed by atoms with Gasteiger partial charge in [-0.15, -0.1) is 0 Å². The normalized spacial score (nSPS) is 14.6. The summed E-state index contributed by atoms with van der Waals surface area (Å²) in [7, 11) is 0. The van der Waals surface area contributed by atoms with Crippen molar-refractivity contribution in [2.45, 2.75) is 26.8 Å². The summed E-state index contributed by atoms with van der Waals surface area (Å²) in [6.07, 6.45) is 0. The molecule has 0 fully saturated rings. The highest BCUT2D eigenvalue weighted by molar-refractivity contribution is 6.41. The first kappa shape index (κ1) is 19.7. The molecule has 1 heterocycles. The Morgan fingerprint density at radius 2 is 1.56 bits per heavy atom. The molecule has 2 aromatic rings. The molecule has 3 rings (SSSR count). The minimum Gasteiger partial charge on any atom is -0.350 e. The summed E-state index contributed by atoms with van der Waals surface area (Å²) in [5, 5.41) is 4.36. The number of anilines is 1. The van der Waals surface area contributed by atoms with Gasteiger partial charge in [0.25, 0.3) is 11.8 Å². The number of nitrogens with zero attached hydrogens (tertiary/aromatic N) is 1. The Morgan fingerprint density at radius 3 is 2.19 bits per heavy atom. The molecule has 0 aliphatic carbocycles. The third kappa shape index (κ3) is 3.70. The number of carbonyl (C=O) groups excluding carboxylic acids is 2. The molecule has 0 atom stereocenters. The molecule has 4 nitrogen and oxygen atoms in total. The standard InChI is InChI=1S/C20H17Cl3N2O2/c1-10(2)25-19(26)17(14-7-6-12(21)8-15(14)23)18(20(25)27)24-16-9-13(22)5-4-11(16)3/h4-10,24H,1-3H3. The maximum atomic E-state index is 13.0. The van der Waals surface area contributed by atoms with Gasteiger partial charge >= 0.3 is 0 Å². The maximum absolute atomic E-state index is 13.0. The molecule has 0 bridgehead atoms. The second-order valence-electron chi connectivity index (χ2n) is 6.53. The zero-order chi connectivity index (χ0) is 19.9. The Morgan fingerprint density at radius 1 is 0.926 bits per heavy atom. The molecule has 140 valence electrons. The summed E-state index contributed by atoms with van der Waals surface area (Å²) in [4.78, 5) is 27.3. The first-order valence-electron chi connectivity index (χ1n) is 8.31. The zero-order valence-electron chi connectivity index (χ0n) is 14.9. The monoisotopic (exact) mass is 422 g/mol. The van der Waals surface area contributed by atoms with Crippen molar-refractivity contribution in [1.82, 2.24) is 4.90 Å². The second kappa shape index (κ2) is 7.55. The number of amides is 2. The molecule has 7 heteroatoms. The van der Waals surface area contributed by atoms with Crippen LogP contribution < -0.4 is 5.32 Å². The van der Waals surface area contributed by atoms with Crippen LogP contribution in [0.4, 0.5) is 5.69 Å². The third-order valence-corrected chi connectivity index (χ3v) is 5.07. The summed E-state index contributed by atoms with van der Waals surface area (Å²) in [6.45, 7) is 5.45. The van der Waals surface area contributed by atoms with Crippen molar-refractivity contribution in [3.05, 3.63) is 68.3 Å². The van der Waals surface area contributed by atoms with Gasteiger partial charge in [-0.3, -0.25) is 14.5 Å². The predicted octanol–water partition coefficient (Wildman–Crippen LogP) is 5.56. The molecule has 0 saturated heterocycles. The molecule has 1 aliphatic rings. The van der Waals surface area contributed by atoms with Crippen LogP contribution >= 0.6 is 34.8 Å². The van der Waals surface area contributed by atoms with Crippen LogP contribution in [0.15, 0.2) is 42.1 Å². The lowest BCUT2D eigenvalue weighted by atomic mass is 10.0. The van der Waals surface area contributed by atoms with Gasteiger partial charge in [-0.1, -0.05) is 46.9 Å². The van der Waals surface area contributed by atoms with Crippen molar-refractivity contribution in [1.29, 1.82) is 0 Å². The highest BCUT2D eigenvalue weighted by atomic mass is 35.5. The largest absolute Gasteiger partial charge is 0.350 e. The highest BCUT2D eigenvalue weighted by Crippen LogP contribution is 2.36. The number of rotatable bonds is 4. The number of carbonyl (C=O) groups is 2. The zero-order valence-corrected chi connectivity index (χ0v) is 17.2. The number of aryl methyl sites for hydroxylation is 1. The maximum Gasteiger partial charge on any atom is 0.278 e. The van der Waals surface area contributed by atoms with Crippen molar-refractivity contribution in [2.75, 3.05) is 5.32 Å². The van der Waals surface area contributed by atoms with E-state index in [-0.39, 0.29) is 17.3 Å². The molecule has 2 amide bonds. The molecule has 0 radical (unpaired) electrons. The fourth-order valence-electron chi connectivity index (χ4n) is 2.94. The van der Waals surface area contributed by atoms with Crippen molar-refractivity contribution in [3.63, 3.8) is 0 Å². The smallest absolute Gasteiger partial charge is 0.278 e. The lowest BCUT2D eigenvalue weighted by Gasteiger charge is -2.19. The molecule has 0 aromatic heterocycles. The van der Waals surface area contributed by atoms with Crippen LogP contribution in [0.2, 0.25) is 15.1 Å². The van der Waals surface area contributed by atoms with Gasteiger partial charge in [0, 0.05) is 27.3 Å². The van der Waals surface area contributed by atoms with E-state index in [9.17, 15) is 9.59 Å². The van der Waals surface area contributed by atoms with E-state index in [0.29, 0.717) is 26.3 Å². The summed E-state index contributed by atoms with van der Waals surface area (Å²) >= 11 is 18.4. The van der Waals surface area contributed by atoms with Gasteiger partial charge in [-0.2, -0.15) is 0 Å². The molecular weight excluding hydrogens is 407 g/mol. The van der Waals surface area contributed by atoms with E-state index < -0.39 is 11.8 Å². The van der Waals surface area contributed by atoms with E-state index >= 15 is 0 Å². The van der Waals surface area contributed by atoms with E-state index in [1.165, 1.54) is 4.90 Å². The van der Waals surface area contributed by atoms with Crippen LogP contribution in [-0.4, -0.2) is 22.8 Å². The SMILES string of the molecule is Cc1ccc(Cl)cc1NC1=C(c2ccc(Cl)cc2Cl)C(=O)N(C(C)C)C1=O. The summed E-state index contributed by atoms with van der Waals surface area (Å²) < 4.78 is 0. The van der Waals surface area contributed by atoms with E-state index in [1.807, 2.05) is 13.0 Å². The molecular formula is C20H17Cl3N2O2. The topological polar surface area (TPSA) is 49.4 Å². The predicted molar refractivity (Wildman–Crippen MR) is 110 cm³/mol. The van der Waals surface area contributed by atoms with E-state index in [4.69, 9.17) is 34.8 Å². The lowest BCUT2D eigenvalue weighted by molar-refractivity contribution is -0.138. The Hall–Kier alpha value is -2.01. The molecule has 2 aromatic carbocycles. The lowest BCUT2D eigenvalue weighted by Crippen LogP contribution is -2.38. The number of nitrogens with one attached hydrogen (secondary N) is 1. The van der Waals surface area contributed by atoms with Gasteiger partial charge in [0.2, 0.25) is 0 Å². The van der Waals surface area contributed by atoms with Gasteiger partial charge in [-0.05, 0) is 50.6 Å². The molecule has 1 N–H and O–H groups in total. The quantitative estimate of drug-likeness (QED) is 0.655. The Balaban J connectivity index is 2.19. The average molecular weight is 424 g/mol. The number of hydrogen-bond acceptors (Lipinski definition) is 3. The second-order valence-corrected chi connectivity index (χ2v) is 7.81. The summed E-state index contributed by atoms with van der Waals surface area (Å²) in [5.74, 6) is -0.809. The van der Waals surface area contributed by atoms with Gasteiger partial charge < -0.3 is 5.32 Å². The first-order valence-corrected chi connectivity index (χ1v) is 9.45. The number of hydrogen-bond donors (Lipinski definition) is 1. The molecule has 0 unspecified atom stereocenters. The highest BCUT2D eigenvalue weighted by Gasteiger charge is 2.41. The van der Waals surface area contributed by atoms with E-state index in [0.717, 1.165) is 5.56 Å². The summed E-state index contributed by atoms with van der Waals surface area (Å²) in [5.41, 5.74) is 2.37. The number of halogens is 3. The minimum atomic E-state index is -0.407. The molecule has 27 heavy (non-hydrogen) atoms. The Kier molecular flexibility index (Phi) is 5.52. The van der Waals surface area contributed by atoms with Gasteiger partial charge in [-0.25, -0.2) is 0 Å². The van der Waals surface area contributed by atoms with Gasteiger partial charge in [0.15, 0.2) is 0 Å². The van der Waals surface area contributed by atoms with Gasteiger partial charge in [0.1, 0.15) is 5.70 Å². The van der Waals surface area contributed by atoms with Crippen LogP contribution in [0.25, 0.3) is 5.57 Å². The van der Waals surface area contributed by atoms with Gasteiger partial charge in [0.05, 0.1) is 10.6 Å². The third-order valence-electron chi connectivity index (χ3n) is 4.29. The van der Waals surface area contributed by atoms with Crippen LogP contribution in [0.5, 0.6) is 0 Å². The average Bonchev–Trinajstić information content (AvgIpc) is 2.82. The van der Waals surface area contributed by atoms with Crippen LogP contribution in [-0.2, 0) is 9.59 Å². The first-order chi connectivity index (χ1) is 12.7. The van der Waals surface area contributed by atoms with Crippen molar-refractivity contribution in [2.24, 2.45) is 0 Å². The Labute approximate surface area is 172 Å². The van der Waals surface area contributed by atoms with E-state index in [2.05, 4.69) is 5.32 Å². The molecule has 0 saturated carbocycles. The molecule has 1 aliphatic heterocycles. The fourth-order valence-corrected chi connectivity index (χ4v) is 3.61. The van der Waals surface area contributed by atoms with Crippen molar-refractivity contribution < 1.29 is 9.59 Å².